The number of rotatable bonds is 1. The molecule has 0 bridgehead atoms. The van der Waals surface area contributed by atoms with Crippen LogP contribution < -0.4 is 10.1 Å². The number of fused-ring (bicyclic) bond motifs is 1. The molecule has 1 N–H and O–H groups in total. The molecular formula is C15H13ClFNO. The molecule has 1 aliphatic heterocycles. The summed E-state index contributed by atoms with van der Waals surface area (Å²) in [5, 5.41) is 3.96. The molecule has 1 heterocycles. The van der Waals surface area contributed by atoms with Crippen LogP contribution in [-0.2, 0) is 0 Å². The first-order valence-corrected chi connectivity index (χ1v) is 6.47. The van der Waals surface area contributed by atoms with Crippen LogP contribution in [0.15, 0.2) is 36.4 Å². The summed E-state index contributed by atoms with van der Waals surface area (Å²) in [6.45, 7) is 2.54. The Labute approximate surface area is 116 Å². The molecule has 1 atom stereocenters. The molecule has 0 fully saturated rings. The first-order chi connectivity index (χ1) is 9.13. The van der Waals surface area contributed by atoms with Crippen molar-refractivity contribution in [1.29, 1.82) is 0 Å². The Bertz CT molecular complexity index is 630. The first-order valence-electron chi connectivity index (χ1n) is 6.09. The molecule has 1 aliphatic rings. The van der Waals surface area contributed by atoms with E-state index in [2.05, 4.69) is 5.32 Å². The van der Waals surface area contributed by atoms with E-state index >= 15 is 0 Å². The van der Waals surface area contributed by atoms with Gasteiger partial charge >= 0.3 is 0 Å². The van der Waals surface area contributed by atoms with Crippen molar-refractivity contribution < 1.29 is 9.13 Å². The smallest absolute Gasteiger partial charge is 0.146 e. The Morgan fingerprint density at radius 3 is 2.95 bits per heavy atom. The van der Waals surface area contributed by atoms with Gasteiger partial charge in [0, 0.05) is 5.02 Å². The molecule has 0 aromatic heterocycles. The van der Waals surface area contributed by atoms with Crippen molar-refractivity contribution >= 4 is 17.3 Å². The number of hydrogen-bond acceptors (Lipinski definition) is 2. The van der Waals surface area contributed by atoms with E-state index in [0.29, 0.717) is 11.6 Å². The second-order valence-corrected chi connectivity index (χ2v) is 5.08. The highest BCUT2D eigenvalue weighted by molar-refractivity contribution is 6.31. The van der Waals surface area contributed by atoms with Gasteiger partial charge in [0.2, 0.25) is 0 Å². The van der Waals surface area contributed by atoms with Crippen molar-refractivity contribution in [3.63, 3.8) is 0 Å². The Balaban J connectivity index is 1.94. The van der Waals surface area contributed by atoms with E-state index in [9.17, 15) is 4.39 Å². The summed E-state index contributed by atoms with van der Waals surface area (Å²) in [5.74, 6) is 0.532. The normalized spacial score (nSPS) is 17.3. The van der Waals surface area contributed by atoms with Gasteiger partial charge in [-0.3, -0.25) is 0 Å². The molecule has 3 rings (SSSR count). The summed E-state index contributed by atoms with van der Waals surface area (Å²) < 4.78 is 19.2. The molecule has 19 heavy (non-hydrogen) atoms. The van der Waals surface area contributed by atoms with Crippen LogP contribution in [0.25, 0.3) is 0 Å². The lowest BCUT2D eigenvalue weighted by atomic mass is 10.1. The van der Waals surface area contributed by atoms with Gasteiger partial charge in [-0.25, -0.2) is 4.39 Å². The molecule has 98 valence electrons. The average molecular weight is 278 g/mol. The number of anilines is 1. The van der Waals surface area contributed by atoms with Crippen LogP contribution in [0.3, 0.4) is 0 Å². The van der Waals surface area contributed by atoms with Crippen molar-refractivity contribution in [1.82, 2.24) is 0 Å². The Morgan fingerprint density at radius 2 is 2.16 bits per heavy atom. The van der Waals surface area contributed by atoms with E-state index in [0.717, 1.165) is 22.6 Å². The van der Waals surface area contributed by atoms with Crippen LogP contribution in [0.5, 0.6) is 5.75 Å². The number of ether oxygens (including phenoxy) is 1. The van der Waals surface area contributed by atoms with E-state index in [1.165, 1.54) is 12.1 Å². The maximum atomic E-state index is 13.3. The Hall–Kier alpha value is -1.74. The van der Waals surface area contributed by atoms with Gasteiger partial charge in [0.25, 0.3) is 0 Å². The monoisotopic (exact) mass is 277 g/mol. The molecule has 0 spiro atoms. The first kappa shape index (κ1) is 12.3. The largest absolute Gasteiger partial charge is 0.481 e. The van der Waals surface area contributed by atoms with E-state index in [4.69, 9.17) is 16.3 Å². The molecule has 0 aliphatic carbocycles. The third kappa shape index (κ3) is 2.38. The highest BCUT2D eigenvalue weighted by atomic mass is 35.5. The summed E-state index contributed by atoms with van der Waals surface area (Å²) in [4.78, 5) is 0. The van der Waals surface area contributed by atoms with Crippen LogP contribution in [-0.4, -0.2) is 6.54 Å². The minimum absolute atomic E-state index is 0.192. The minimum atomic E-state index is -0.250. The van der Waals surface area contributed by atoms with Crippen LogP contribution in [0, 0.1) is 12.7 Å². The van der Waals surface area contributed by atoms with Crippen molar-refractivity contribution in [2.24, 2.45) is 0 Å². The van der Waals surface area contributed by atoms with Gasteiger partial charge in [-0.15, -0.1) is 0 Å². The van der Waals surface area contributed by atoms with E-state index in [1.54, 1.807) is 6.07 Å². The van der Waals surface area contributed by atoms with Crippen LogP contribution in [0.2, 0.25) is 5.02 Å². The number of halogens is 2. The summed E-state index contributed by atoms with van der Waals surface area (Å²) in [6.07, 6.45) is -0.192. The zero-order valence-corrected chi connectivity index (χ0v) is 11.2. The summed E-state index contributed by atoms with van der Waals surface area (Å²) in [7, 11) is 0. The fourth-order valence-corrected chi connectivity index (χ4v) is 2.57. The number of hydrogen-bond donors (Lipinski definition) is 1. The Morgan fingerprint density at radius 1 is 1.32 bits per heavy atom. The fraction of sp³-hybridized carbons (Fsp3) is 0.200. The van der Waals surface area contributed by atoms with Crippen LogP contribution in [0.1, 0.15) is 17.2 Å². The third-order valence-electron chi connectivity index (χ3n) is 3.20. The molecule has 2 aromatic carbocycles. The second-order valence-electron chi connectivity index (χ2n) is 4.64. The van der Waals surface area contributed by atoms with Gasteiger partial charge in [-0.05, 0) is 42.3 Å². The molecule has 0 amide bonds. The van der Waals surface area contributed by atoms with Crippen molar-refractivity contribution in [3.8, 4) is 5.75 Å². The molecule has 4 heteroatoms. The van der Waals surface area contributed by atoms with Gasteiger partial charge in [0.15, 0.2) is 0 Å². The predicted octanol–water partition coefficient (Wildman–Crippen LogP) is 4.33. The lowest BCUT2D eigenvalue weighted by Gasteiger charge is -2.29. The van der Waals surface area contributed by atoms with E-state index < -0.39 is 0 Å². The number of aryl methyl sites for hydroxylation is 1. The quantitative estimate of drug-likeness (QED) is 0.837. The summed E-state index contributed by atoms with van der Waals surface area (Å²) in [5.41, 5.74) is 2.68. The van der Waals surface area contributed by atoms with Crippen molar-refractivity contribution in [3.05, 3.63) is 58.4 Å². The molecule has 2 aromatic rings. The topological polar surface area (TPSA) is 21.3 Å². The molecule has 1 unspecified atom stereocenters. The summed E-state index contributed by atoms with van der Waals surface area (Å²) in [6, 6.07) is 10.2. The highest BCUT2D eigenvalue weighted by Gasteiger charge is 2.23. The second kappa shape index (κ2) is 4.74. The molecule has 0 saturated heterocycles. The van der Waals surface area contributed by atoms with Crippen molar-refractivity contribution in [2.45, 2.75) is 13.0 Å². The van der Waals surface area contributed by atoms with E-state index in [1.807, 2.05) is 25.1 Å². The van der Waals surface area contributed by atoms with Gasteiger partial charge in [0.05, 0.1) is 12.2 Å². The lowest BCUT2D eigenvalue weighted by Crippen LogP contribution is -2.24. The SMILES string of the molecule is Cc1cc(Cl)cc2c1OC(c1cccc(F)c1)CN2. The predicted molar refractivity (Wildman–Crippen MR) is 74.4 cm³/mol. The number of nitrogens with one attached hydrogen (secondary N) is 1. The molecule has 2 nitrogen and oxygen atoms in total. The highest BCUT2D eigenvalue weighted by Crippen LogP contribution is 2.38. The van der Waals surface area contributed by atoms with Gasteiger partial charge in [-0.2, -0.15) is 0 Å². The molecule has 0 saturated carbocycles. The van der Waals surface area contributed by atoms with E-state index in [-0.39, 0.29) is 11.9 Å². The maximum Gasteiger partial charge on any atom is 0.146 e. The zero-order valence-electron chi connectivity index (χ0n) is 10.4. The van der Waals surface area contributed by atoms with Gasteiger partial charge in [0.1, 0.15) is 17.7 Å². The van der Waals surface area contributed by atoms with Gasteiger partial charge < -0.3 is 10.1 Å². The van der Waals surface area contributed by atoms with Gasteiger partial charge in [-0.1, -0.05) is 23.7 Å². The average Bonchev–Trinajstić information content (AvgIpc) is 2.38. The lowest BCUT2D eigenvalue weighted by molar-refractivity contribution is 0.208. The Kier molecular flexibility index (Phi) is 3.07. The summed E-state index contributed by atoms with van der Waals surface area (Å²) >= 11 is 6.01. The zero-order chi connectivity index (χ0) is 13.4. The standard InChI is InChI=1S/C15H13ClFNO/c1-9-5-11(16)7-13-15(9)19-14(8-18-13)10-3-2-4-12(17)6-10/h2-7,14,18H,8H2,1H3. The van der Waals surface area contributed by atoms with Crippen LogP contribution in [0.4, 0.5) is 10.1 Å². The van der Waals surface area contributed by atoms with Crippen molar-refractivity contribution in [2.75, 3.05) is 11.9 Å². The number of benzene rings is 2. The third-order valence-corrected chi connectivity index (χ3v) is 3.42. The molecule has 0 radical (unpaired) electrons. The minimum Gasteiger partial charge on any atom is -0.481 e. The van der Waals surface area contributed by atoms with Crippen LogP contribution >= 0.6 is 11.6 Å². The molecular weight excluding hydrogens is 265 g/mol. The fourth-order valence-electron chi connectivity index (χ4n) is 2.30. The maximum absolute atomic E-state index is 13.3.